The number of benzene rings is 7. The number of nitrogens with one attached hydrogen (secondary N) is 2. The summed E-state index contributed by atoms with van der Waals surface area (Å²) in [4.78, 5) is 1.66. The van der Waals surface area contributed by atoms with Crippen molar-refractivity contribution in [2.75, 3.05) is 5.43 Å². The van der Waals surface area contributed by atoms with E-state index in [1.807, 2.05) is 26.2 Å². The fourth-order valence-corrected chi connectivity index (χ4v) is 10.4. The fourth-order valence-electron chi connectivity index (χ4n) is 7.79. The lowest BCUT2D eigenvalue weighted by Crippen LogP contribution is -2.20. The lowest BCUT2D eigenvalue weighted by molar-refractivity contribution is 0.480. The first-order valence-electron chi connectivity index (χ1n) is 18.9. The fraction of sp³-hybridized carbons (Fsp3) is 0.0244. The Morgan fingerprint density at radius 1 is 0.585 bits per heavy atom. The monoisotopic (exact) mass is 954 g/mol. The first-order chi connectivity index (χ1) is 30.6. The van der Waals surface area contributed by atoms with Gasteiger partial charge in [0.1, 0.15) is 31.2 Å². The van der Waals surface area contributed by atoms with E-state index < -0.39 is 50.3 Å². The van der Waals surface area contributed by atoms with Crippen LogP contribution in [0, 0.1) is 6.92 Å². The third kappa shape index (κ3) is 7.32. The van der Waals surface area contributed by atoms with E-state index >= 15 is 0 Å². The molecule has 3 heterocycles. The minimum absolute atomic E-state index is 0.0428. The van der Waals surface area contributed by atoms with Crippen molar-refractivity contribution in [2.24, 2.45) is 10.2 Å². The minimum atomic E-state index is -4.87. The Hall–Kier alpha value is -7.16. The molecule has 330 valence electrons. The van der Waals surface area contributed by atoms with Gasteiger partial charge in [0.25, 0.3) is 40.5 Å². The molecule has 0 aliphatic carbocycles. The van der Waals surface area contributed by atoms with Crippen molar-refractivity contribution in [1.82, 2.24) is 23.9 Å². The molecule has 24 heteroatoms. The van der Waals surface area contributed by atoms with Crippen LogP contribution in [0.5, 0.6) is 0 Å². The number of aromatic amines is 1. The number of nitrogens with zero attached hydrogens (tertiary/aromatic N) is 6. The molecule has 20 nitrogen and oxygen atoms in total. The lowest BCUT2D eigenvalue weighted by Gasteiger charge is -2.21. The summed E-state index contributed by atoms with van der Waals surface area (Å²) >= 11 is 0. The maximum absolute atomic E-state index is 12.6. The van der Waals surface area contributed by atoms with E-state index in [1.54, 1.807) is 49.4 Å². The third-order valence-electron chi connectivity index (χ3n) is 10.8. The Morgan fingerprint density at radius 2 is 1.26 bits per heavy atom. The number of H-pyrrole nitrogens is 1. The predicted octanol–water partition coefficient (Wildman–Crippen LogP) is 7.77. The summed E-state index contributed by atoms with van der Waals surface area (Å²) in [6, 6.07) is 28.9. The van der Waals surface area contributed by atoms with Crippen LogP contribution in [-0.2, 0) is 40.5 Å². The summed E-state index contributed by atoms with van der Waals surface area (Å²) in [5.41, 5.74) is 7.62. The maximum atomic E-state index is 12.6. The van der Waals surface area contributed by atoms with Crippen LogP contribution >= 0.6 is 0 Å². The smallest absolute Gasteiger partial charge is 0.282 e. The van der Waals surface area contributed by atoms with Gasteiger partial charge in [-0.3, -0.25) is 28.7 Å². The molecule has 0 radical (unpaired) electrons. The van der Waals surface area contributed by atoms with E-state index in [0.717, 1.165) is 34.2 Å². The number of hydrogen-bond acceptors (Lipinski definition) is 11. The normalized spacial score (nSPS) is 13.4. The van der Waals surface area contributed by atoms with E-state index in [4.69, 9.17) is 0 Å². The van der Waals surface area contributed by atoms with Gasteiger partial charge >= 0.3 is 0 Å². The highest BCUT2D eigenvalue weighted by Crippen LogP contribution is 2.36. The average molecular weight is 955 g/mol. The highest BCUT2D eigenvalue weighted by Gasteiger charge is 2.27. The van der Waals surface area contributed by atoms with Crippen LogP contribution in [0.1, 0.15) is 16.7 Å². The second-order valence-corrected chi connectivity index (χ2v) is 20.5. The van der Waals surface area contributed by atoms with Gasteiger partial charge in [-0.15, -0.1) is 9.26 Å². The van der Waals surface area contributed by atoms with Gasteiger partial charge in [-0.1, -0.05) is 60.7 Å². The molecule has 0 aliphatic rings. The second-order valence-electron chi connectivity index (χ2n) is 14.9. The number of azo groups is 1. The van der Waals surface area contributed by atoms with Crippen molar-refractivity contribution >= 4 is 113 Å². The molecular weight excluding hydrogens is 925 g/mol. The second kappa shape index (κ2) is 14.4. The zero-order valence-electron chi connectivity index (χ0n) is 33.0. The van der Waals surface area contributed by atoms with Crippen LogP contribution in [0.2, 0.25) is 0 Å². The summed E-state index contributed by atoms with van der Waals surface area (Å²) in [6.45, 7) is 1.81. The van der Waals surface area contributed by atoms with Gasteiger partial charge in [-0.25, -0.2) is 0 Å². The van der Waals surface area contributed by atoms with E-state index in [9.17, 15) is 51.9 Å². The van der Waals surface area contributed by atoms with Crippen molar-refractivity contribution in [1.29, 1.82) is 0 Å². The number of aryl methyl sites for hydroxylation is 1. The van der Waals surface area contributed by atoms with Gasteiger partial charge in [-0.2, -0.15) is 53.5 Å². The standard InChI is InChI=1S/C41H30N8O12S4/c1-23-18-29(47-48-36-17-10-26-19-30(62(50,51)52)14-15-31(26)41(36)49(47)48)13-16-34(23)43-42-27-11-8-24(37(20-27)63(53,54)55)6-7-25-9-12-28(21-38(25)64(56,57)58)44-46-40-33-5-3-2-4-32(33)39(65(59,60)61)22-35(40)45-46/h2-22,44-45H,1H3,(H,50,51,52)(H,53,54,55)(H,56,57,58)(H,59,60,61). The molecule has 65 heavy (non-hydrogen) atoms. The first-order valence-corrected chi connectivity index (χ1v) is 24.7. The minimum Gasteiger partial charge on any atom is -0.282 e. The molecule has 0 bridgehead atoms. The maximum Gasteiger partial charge on any atom is 0.295 e. The highest BCUT2D eigenvalue weighted by atomic mass is 32.2. The summed E-state index contributed by atoms with van der Waals surface area (Å²) in [6.07, 6.45) is 2.47. The Labute approximate surface area is 367 Å². The number of anilines is 1. The SMILES string of the molecule is Cc1cc(-n2n3c4ccc5cc(S(=O)(=O)O)ccc5c4n23)ccc1N=Nc1ccc(C=Cc2ccc(Nn3[nH]c4cc(S(=O)(=O)O)c5ccccc5c43)cc2S(=O)(=O)O)c(S(=O)(=O)O)c1. The van der Waals surface area contributed by atoms with E-state index in [0.29, 0.717) is 33.1 Å². The Morgan fingerprint density at radius 3 is 1.94 bits per heavy atom. The van der Waals surface area contributed by atoms with Crippen molar-refractivity contribution in [3.63, 3.8) is 0 Å². The zero-order chi connectivity index (χ0) is 46.0. The van der Waals surface area contributed by atoms with Gasteiger partial charge in [0, 0.05) is 16.2 Å². The molecule has 0 unspecified atom stereocenters. The van der Waals surface area contributed by atoms with Crippen molar-refractivity contribution in [2.45, 2.75) is 26.5 Å². The molecule has 0 amide bonds. The van der Waals surface area contributed by atoms with Crippen molar-refractivity contribution < 1.29 is 51.9 Å². The van der Waals surface area contributed by atoms with E-state index in [1.165, 1.54) is 65.5 Å². The highest BCUT2D eigenvalue weighted by molar-refractivity contribution is 7.86. The molecule has 0 aliphatic heterocycles. The van der Waals surface area contributed by atoms with Gasteiger partial charge in [0.2, 0.25) is 0 Å². The molecule has 0 saturated heterocycles. The molecule has 3 aromatic heterocycles. The average Bonchev–Trinajstić information content (AvgIpc) is 3.88. The lowest BCUT2D eigenvalue weighted by atomic mass is 10.1. The van der Waals surface area contributed by atoms with Crippen LogP contribution in [0.4, 0.5) is 17.1 Å². The van der Waals surface area contributed by atoms with Crippen molar-refractivity contribution in [3.8, 4) is 5.69 Å². The summed E-state index contributed by atoms with van der Waals surface area (Å²) in [7, 11) is -18.7. The molecular formula is C41H30N8O12S4. The van der Waals surface area contributed by atoms with Gasteiger partial charge in [0.05, 0.1) is 33.2 Å². The molecule has 7 aromatic carbocycles. The number of aromatic nitrogens is 5. The molecule has 6 N–H and O–H groups in total. The van der Waals surface area contributed by atoms with Gasteiger partial charge in [0.15, 0.2) is 0 Å². The third-order valence-corrected chi connectivity index (χ3v) is 14.4. The summed E-state index contributed by atoms with van der Waals surface area (Å²) in [5, 5.41) is 13.5. The van der Waals surface area contributed by atoms with Gasteiger partial charge in [-0.05, 0) is 95.7 Å². The van der Waals surface area contributed by atoms with E-state index in [-0.39, 0.29) is 37.7 Å². The summed E-state index contributed by atoms with van der Waals surface area (Å²) < 4.78 is 141. The quantitative estimate of drug-likeness (QED) is 0.0411. The number of rotatable bonds is 11. The zero-order valence-corrected chi connectivity index (χ0v) is 36.3. The first kappa shape index (κ1) is 41.8. The Bertz CT molecular complexity index is 4180. The van der Waals surface area contributed by atoms with Crippen molar-refractivity contribution in [3.05, 3.63) is 132 Å². The van der Waals surface area contributed by atoms with Crippen LogP contribution in [0.25, 0.3) is 61.5 Å². The van der Waals surface area contributed by atoms with Crippen LogP contribution in [0.15, 0.2) is 145 Å². The summed E-state index contributed by atoms with van der Waals surface area (Å²) in [5.74, 6) is 0. The molecule has 10 aromatic rings. The molecule has 0 atom stereocenters. The number of fused-ring (bicyclic) bond motifs is 9. The van der Waals surface area contributed by atoms with Crippen LogP contribution < -0.4 is 5.43 Å². The Kier molecular flexibility index (Phi) is 9.28. The number of hydrogen-bond donors (Lipinski definition) is 6. The molecule has 0 spiro atoms. The molecule has 10 rings (SSSR count). The van der Waals surface area contributed by atoms with Crippen LogP contribution in [-0.4, -0.2) is 75.8 Å². The molecule has 0 saturated carbocycles. The van der Waals surface area contributed by atoms with Gasteiger partial charge < -0.3 is 0 Å². The largest absolute Gasteiger partial charge is 0.295 e. The van der Waals surface area contributed by atoms with Crippen LogP contribution in [0.3, 0.4) is 0 Å². The predicted molar refractivity (Wildman–Crippen MR) is 239 cm³/mol. The topological polar surface area (TPSA) is 289 Å². The van der Waals surface area contributed by atoms with E-state index in [2.05, 4.69) is 20.8 Å². The molecule has 0 fully saturated rings. The Balaban J connectivity index is 0.900.